The third-order valence-electron chi connectivity index (χ3n) is 6.87. The van der Waals surface area contributed by atoms with Gasteiger partial charge >= 0.3 is 0 Å². The zero-order valence-corrected chi connectivity index (χ0v) is 16.4. The van der Waals surface area contributed by atoms with Crippen LogP contribution < -0.4 is 10.2 Å². The maximum absolute atomic E-state index is 12.8. The molecule has 2 aromatic rings. The van der Waals surface area contributed by atoms with Gasteiger partial charge in [0.25, 0.3) is 0 Å². The van der Waals surface area contributed by atoms with Crippen molar-refractivity contribution in [3.8, 4) is 0 Å². The molecule has 3 nitrogen and oxygen atoms in total. The molecule has 144 valence electrons. The Morgan fingerprint density at radius 2 is 1.59 bits per heavy atom. The number of hydrogen-bond donors (Lipinski definition) is 2. The standard InChI is InChI=1S/C24H32N2O/c27-23(18-21-12-9-11-20-10-3-4-13-22(20)21)25-19-24(14-5-1-6-15-24)26-16-7-2-8-17-26/h3-4,9-13H,1-2,5-8,14-19H2,(H,25,27)/p+1. The lowest BCUT2D eigenvalue weighted by molar-refractivity contribution is -0.957. The molecule has 2 fully saturated rings. The van der Waals surface area contributed by atoms with Crippen LogP contribution >= 0.6 is 0 Å². The summed E-state index contributed by atoms with van der Waals surface area (Å²) >= 11 is 0. The van der Waals surface area contributed by atoms with Crippen molar-refractivity contribution >= 4 is 16.7 Å². The first kappa shape index (κ1) is 18.5. The van der Waals surface area contributed by atoms with Crippen molar-refractivity contribution in [1.29, 1.82) is 0 Å². The lowest BCUT2D eigenvalue weighted by Gasteiger charge is -2.45. The molecule has 1 amide bonds. The zero-order chi connectivity index (χ0) is 18.5. The summed E-state index contributed by atoms with van der Waals surface area (Å²) in [6.45, 7) is 3.43. The minimum atomic E-state index is 0.174. The van der Waals surface area contributed by atoms with Crippen LogP contribution in [-0.4, -0.2) is 31.1 Å². The van der Waals surface area contributed by atoms with Crippen LogP contribution in [-0.2, 0) is 11.2 Å². The van der Waals surface area contributed by atoms with Gasteiger partial charge in [0, 0.05) is 12.8 Å². The third kappa shape index (κ3) is 4.19. The van der Waals surface area contributed by atoms with Gasteiger partial charge < -0.3 is 10.2 Å². The Labute approximate surface area is 163 Å². The number of amides is 1. The Bertz CT molecular complexity index is 768. The molecule has 3 heteroatoms. The Hall–Kier alpha value is -1.87. The number of rotatable bonds is 5. The molecule has 4 rings (SSSR count). The van der Waals surface area contributed by atoms with Gasteiger partial charge in [-0.05, 0) is 48.4 Å². The molecule has 1 heterocycles. The van der Waals surface area contributed by atoms with E-state index in [4.69, 9.17) is 0 Å². The molecule has 0 unspecified atom stereocenters. The van der Waals surface area contributed by atoms with Gasteiger partial charge in [0.15, 0.2) is 0 Å². The molecule has 27 heavy (non-hydrogen) atoms. The zero-order valence-electron chi connectivity index (χ0n) is 16.4. The molecule has 0 radical (unpaired) electrons. The number of nitrogens with one attached hydrogen (secondary N) is 2. The fourth-order valence-corrected chi connectivity index (χ4v) is 5.34. The molecule has 0 atom stereocenters. The van der Waals surface area contributed by atoms with E-state index in [-0.39, 0.29) is 11.4 Å². The fourth-order valence-electron chi connectivity index (χ4n) is 5.34. The van der Waals surface area contributed by atoms with Crippen molar-refractivity contribution < 1.29 is 9.69 Å². The quantitative estimate of drug-likeness (QED) is 0.838. The van der Waals surface area contributed by atoms with E-state index in [1.807, 2.05) is 0 Å². The van der Waals surface area contributed by atoms with E-state index < -0.39 is 0 Å². The molecule has 0 bridgehead atoms. The summed E-state index contributed by atoms with van der Waals surface area (Å²) < 4.78 is 0. The van der Waals surface area contributed by atoms with Gasteiger partial charge in [-0.2, -0.15) is 0 Å². The summed E-state index contributed by atoms with van der Waals surface area (Å²) in [5, 5.41) is 5.75. The average molecular weight is 366 g/mol. The first-order chi connectivity index (χ1) is 13.3. The molecule has 1 saturated heterocycles. The maximum Gasteiger partial charge on any atom is 0.224 e. The van der Waals surface area contributed by atoms with Crippen LogP contribution in [0.2, 0.25) is 0 Å². The van der Waals surface area contributed by atoms with E-state index in [1.165, 1.54) is 75.2 Å². The van der Waals surface area contributed by atoms with E-state index in [0.717, 1.165) is 12.1 Å². The molecule has 2 N–H and O–H groups in total. The van der Waals surface area contributed by atoms with E-state index in [2.05, 4.69) is 47.8 Å². The summed E-state index contributed by atoms with van der Waals surface area (Å²) in [5.74, 6) is 0.174. The highest BCUT2D eigenvalue weighted by Crippen LogP contribution is 2.26. The summed E-state index contributed by atoms with van der Waals surface area (Å²) in [6, 6.07) is 14.6. The van der Waals surface area contributed by atoms with Crippen LogP contribution in [0.3, 0.4) is 0 Å². The number of likely N-dealkylation sites (tertiary alicyclic amines) is 1. The van der Waals surface area contributed by atoms with Crippen molar-refractivity contribution in [2.24, 2.45) is 0 Å². The van der Waals surface area contributed by atoms with Crippen LogP contribution in [0.1, 0.15) is 56.9 Å². The van der Waals surface area contributed by atoms with Gasteiger partial charge in [0.1, 0.15) is 5.54 Å². The number of carbonyl (C=O) groups is 1. The topological polar surface area (TPSA) is 33.5 Å². The van der Waals surface area contributed by atoms with Crippen LogP contribution in [0, 0.1) is 0 Å². The summed E-state index contributed by atoms with van der Waals surface area (Å²) in [5.41, 5.74) is 1.42. The predicted octanol–water partition coefficient (Wildman–Crippen LogP) is 3.27. The summed E-state index contributed by atoms with van der Waals surface area (Å²) in [4.78, 5) is 14.6. The number of hydrogen-bond acceptors (Lipinski definition) is 1. The van der Waals surface area contributed by atoms with Gasteiger partial charge in [-0.15, -0.1) is 0 Å². The fraction of sp³-hybridized carbons (Fsp3) is 0.542. The Morgan fingerprint density at radius 1 is 0.889 bits per heavy atom. The van der Waals surface area contributed by atoms with E-state index >= 15 is 0 Å². The van der Waals surface area contributed by atoms with Crippen molar-refractivity contribution in [2.45, 2.75) is 63.3 Å². The van der Waals surface area contributed by atoms with Crippen molar-refractivity contribution in [1.82, 2.24) is 5.32 Å². The lowest BCUT2D eigenvalue weighted by atomic mass is 9.79. The smallest absolute Gasteiger partial charge is 0.224 e. The monoisotopic (exact) mass is 365 g/mol. The number of piperidine rings is 1. The van der Waals surface area contributed by atoms with Crippen LogP contribution in [0.4, 0.5) is 0 Å². The number of carbonyl (C=O) groups excluding carboxylic acids is 1. The van der Waals surface area contributed by atoms with Gasteiger partial charge in [0.2, 0.25) is 5.91 Å². The molecule has 1 saturated carbocycles. The molecule has 2 aliphatic rings. The summed E-state index contributed by atoms with van der Waals surface area (Å²) in [6.07, 6.45) is 11.1. The molecular formula is C24H33N2O+. The van der Waals surface area contributed by atoms with Gasteiger partial charge in [-0.25, -0.2) is 0 Å². The largest absolute Gasteiger partial charge is 0.350 e. The maximum atomic E-state index is 12.8. The van der Waals surface area contributed by atoms with Crippen molar-refractivity contribution in [3.63, 3.8) is 0 Å². The van der Waals surface area contributed by atoms with Gasteiger partial charge in [-0.3, -0.25) is 4.79 Å². The molecule has 0 aromatic heterocycles. The first-order valence-electron chi connectivity index (χ1n) is 10.9. The highest BCUT2D eigenvalue weighted by Gasteiger charge is 2.42. The lowest BCUT2D eigenvalue weighted by Crippen LogP contribution is -3.22. The molecule has 1 aliphatic carbocycles. The molecule has 2 aromatic carbocycles. The molecule has 0 spiro atoms. The third-order valence-corrected chi connectivity index (χ3v) is 6.87. The second kappa shape index (κ2) is 8.43. The van der Waals surface area contributed by atoms with Crippen LogP contribution in [0.5, 0.6) is 0 Å². The average Bonchev–Trinajstić information content (AvgIpc) is 2.74. The van der Waals surface area contributed by atoms with Crippen LogP contribution in [0.25, 0.3) is 10.8 Å². The first-order valence-corrected chi connectivity index (χ1v) is 10.9. The normalized spacial score (nSPS) is 20.4. The highest BCUT2D eigenvalue weighted by molar-refractivity contribution is 5.90. The van der Waals surface area contributed by atoms with Crippen LogP contribution in [0.15, 0.2) is 42.5 Å². The van der Waals surface area contributed by atoms with Gasteiger partial charge in [0.05, 0.1) is 26.1 Å². The number of quaternary nitrogens is 1. The Morgan fingerprint density at radius 3 is 2.41 bits per heavy atom. The second-order valence-electron chi connectivity index (χ2n) is 8.60. The summed E-state index contributed by atoms with van der Waals surface area (Å²) in [7, 11) is 0. The molecule has 1 aliphatic heterocycles. The van der Waals surface area contributed by atoms with E-state index in [9.17, 15) is 4.79 Å². The molecular weight excluding hydrogens is 332 g/mol. The Balaban J connectivity index is 1.43. The number of fused-ring (bicyclic) bond motifs is 1. The Kier molecular flexibility index (Phi) is 5.77. The van der Waals surface area contributed by atoms with Gasteiger partial charge in [-0.1, -0.05) is 48.9 Å². The van der Waals surface area contributed by atoms with E-state index in [1.54, 1.807) is 4.90 Å². The van der Waals surface area contributed by atoms with Crippen molar-refractivity contribution in [3.05, 3.63) is 48.0 Å². The number of benzene rings is 2. The SMILES string of the molecule is O=C(Cc1cccc2ccccc12)NCC1([NH+]2CCCCC2)CCCCC1. The van der Waals surface area contributed by atoms with E-state index in [0.29, 0.717) is 6.42 Å². The second-order valence-corrected chi connectivity index (χ2v) is 8.60. The predicted molar refractivity (Wildman–Crippen MR) is 111 cm³/mol. The highest BCUT2D eigenvalue weighted by atomic mass is 16.1. The minimum Gasteiger partial charge on any atom is -0.350 e. The van der Waals surface area contributed by atoms with Crippen molar-refractivity contribution in [2.75, 3.05) is 19.6 Å². The minimum absolute atomic E-state index is 0.174.